The van der Waals surface area contributed by atoms with Crippen molar-refractivity contribution in [2.45, 2.75) is 83.1 Å². The van der Waals surface area contributed by atoms with Gasteiger partial charge in [-0.3, -0.25) is 4.79 Å². The second-order valence-electron chi connectivity index (χ2n) is 10.0. The van der Waals surface area contributed by atoms with Gasteiger partial charge in [-0.05, 0) is 62.1 Å². The van der Waals surface area contributed by atoms with Gasteiger partial charge < -0.3 is 19.5 Å². The lowest BCUT2D eigenvalue weighted by Gasteiger charge is -2.24. The molecule has 0 spiro atoms. The summed E-state index contributed by atoms with van der Waals surface area (Å²) in [5.74, 6) is 3.75. The normalized spacial score (nSPS) is 19.0. The SMILES string of the molecule is C=C(N=C(CCCCC(=O)NC(Cc1ccc2c(c1)OCCO2)CC1CCCC1)OC)C1CC1. The lowest BCUT2D eigenvalue weighted by atomic mass is 9.93. The molecule has 186 valence electrons. The summed E-state index contributed by atoms with van der Waals surface area (Å²) in [5.41, 5.74) is 2.12. The number of amides is 1. The number of nitrogens with one attached hydrogen (secondary N) is 1. The van der Waals surface area contributed by atoms with E-state index in [0.29, 0.717) is 31.5 Å². The van der Waals surface area contributed by atoms with E-state index in [9.17, 15) is 4.79 Å². The maximum absolute atomic E-state index is 12.8. The number of nitrogens with zero attached hydrogens (tertiary/aromatic N) is 1. The van der Waals surface area contributed by atoms with Crippen LogP contribution in [-0.4, -0.2) is 38.2 Å². The highest BCUT2D eigenvalue weighted by Gasteiger charge is 2.25. The number of benzene rings is 1. The molecule has 1 aromatic carbocycles. The molecule has 0 aromatic heterocycles. The van der Waals surface area contributed by atoms with E-state index in [1.54, 1.807) is 7.11 Å². The van der Waals surface area contributed by atoms with Crippen LogP contribution in [-0.2, 0) is 16.0 Å². The standard InChI is InChI=1S/C28H40N2O4/c1-20(23-12-13-23)29-28(32-2)10-6-5-9-27(31)30-24(17-21-7-3-4-8-21)18-22-11-14-25-26(19-22)34-16-15-33-25/h11,14,19,21,23-24H,1,3-10,12-13,15-18H2,2H3,(H,30,31). The summed E-state index contributed by atoms with van der Waals surface area (Å²) in [7, 11) is 1.66. The molecule has 1 amide bonds. The van der Waals surface area contributed by atoms with Crippen LogP contribution < -0.4 is 14.8 Å². The van der Waals surface area contributed by atoms with Gasteiger partial charge in [-0.15, -0.1) is 0 Å². The molecule has 2 fully saturated rings. The summed E-state index contributed by atoms with van der Waals surface area (Å²) >= 11 is 0. The number of carbonyl (C=O) groups excluding carboxylic acids is 1. The third-order valence-corrected chi connectivity index (χ3v) is 7.14. The molecule has 6 heteroatoms. The van der Waals surface area contributed by atoms with E-state index in [0.717, 1.165) is 55.2 Å². The number of carbonyl (C=O) groups is 1. The van der Waals surface area contributed by atoms with Gasteiger partial charge in [0.15, 0.2) is 17.4 Å². The van der Waals surface area contributed by atoms with Crippen molar-refractivity contribution >= 4 is 11.8 Å². The Balaban J connectivity index is 1.26. The first-order valence-corrected chi connectivity index (χ1v) is 13.1. The number of methoxy groups -OCH3 is 1. The van der Waals surface area contributed by atoms with Gasteiger partial charge in [-0.25, -0.2) is 4.99 Å². The van der Waals surface area contributed by atoms with E-state index in [-0.39, 0.29) is 11.9 Å². The Morgan fingerprint density at radius 3 is 2.59 bits per heavy atom. The van der Waals surface area contributed by atoms with Crippen molar-refractivity contribution in [1.82, 2.24) is 5.32 Å². The third-order valence-electron chi connectivity index (χ3n) is 7.14. The Morgan fingerprint density at radius 2 is 1.85 bits per heavy atom. The molecule has 0 saturated heterocycles. The molecule has 4 rings (SSSR count). The van der Waals surface area contributed by atoms with Crippen molar-refractivity contribution in [3.8, 4) is 11.5 Å². The summed E-state index contributed by atoms with van der Waals surface area (Å²) in [4.78, 5) is 17.3. The molecule has 1 aliphatic heterocycles. The molecule has 6 nitrogen and oxygen atoms in total. The van der Waals surface area contributed by atoms with Crippen molar-refractivity contribution in [2.24, 2.45) is 16.8 Å². The number of rotatable bonds is 12. The minimum absolute atomic E-state index is 0.138. The molecule has 2 saturated carbocycles. The molecule has 1 unspecified atom stereocenters. The molecule has 2 aliphatic carbocycles. The molecule has 3 aliphatic rings. The first-order chi connectivity index (χ1) is 16.6. The van der Waals surface area contributed by atoms with Gasteiger partial charge in [0.25, 0.3) is 0 Å². The second-order valence-corrected chi connectivity index (χ2v) is 10.0. The molecule has 1 aromatic rings. The van der Waals surface area contributed by atoms with Gasteiger partial charge in [0, 0.05) is 30.5 Å². The number of allylic oxidation sites excluding steroid dienone is 1. The van der Waals surface area contributed by atoms with Gasteiger partial charge in [0.2, 0.25) is 5.91 Å². The van der Waals surface area contributed by atoms with Gasteiger partial charge in [0.05, 0.1) is 7.11 Å². The number of aliphatic imine (C=N–C) groups is 1. The van der Waals surface area contributed by atoms with E-state index in [2.05, 4.69) is 29.0 Å². The smallest absolute Gasteiger partial charge is 0.220 e. The van der Waals surface area contributed by atoms with Crippen LogP contribution in [0.1, 0.15) is 76.2 Å². The number of hydrogen-bond donors (Lipinski definition) is 1. The molecular weight excluding hydrogens is 428 g/mol. The second kappa shape index (κ2) is 12.3. The Kier molecular flexibility index (Phi) is 8.89. The molecule has 34 heavy (non-hydrogen) atoms. The van der Waals surface area contributed by atoms with Crippen LogP contribution in [0.25, 0.3) is 0 Å². The zero-order valence-corrected chi connectivity index (χ0v) is 20.7. The fourth-order valence-corrected chi connectivity index (χ4v) is 5.07. The molecular formula is C28H40N2O4. The Bertz CT molecular complexity index is 871. The number of ether oxygens (including phenoxy) is 3. The van der Waals surface area contributed by atoms with Crippen LogP contribution in [0.2, 0.25) is 0 Å². The molecule has 1 atom stereocenters. The monoisotopic (exact) mass is 468 g/mol. The molecule has 0 radical (unpaired) electrons. The summed E-state index contributed by atoms with van der Waals surface area (Å²) < 4.78 is 16.8. The summed E-state index contributed by atoms with van der Waals surface area (Å²) in [6.45, 7) is 5.23. The predicted octanol–water partition coefficient (Wildman–Crippen LogP) is 5.59. The summed E-state index contributed by atoms with van der Waals surface area (Å²) in [6, 6.07) is 6.31. The highest BCUT2D eigenvalue weighted by molar-refractivity contribution is 5.78. The maximum atomic E-state index is 12.8. The Hall–Kier alpha value is -2.50. The predicted molar refractivity (Wildman–Crippen MR) is 134 cm³/mol. The van der Waals surface area contributed by atoms with Crippen molar-refractivity contribution in [3.05, 3.63) is 36.0 Å². The van der Waals surface area contributed by atoms with E-state index >= 15 is 0 Å². The van der Waals surface area contributed by atoms with Crippen molar-refractivity contribution in [2.75, 3.05) is 20.3 Å². The van der Waals surface area contributed by atoms with E-state index in [4.69, 9.17) is 14.2 Å². The van der Waals surface area contributed by atoms with Crippen LogP contribution in [0.5, 0.6) is 11.5 Å². The number of unbranched alkanes of at least 4 members (excludes halogenated alkanes) is 1. The van der Waals surface area contributed by atoms with Crippen molar-refractivity contribution < 1.29 is 19.0 Å². The minimum Gasteiger partial charge on any atom is -0.486 e. The van der Waals surface area contributed by atoms with Crippen LogP contribution in [0.15, 0.2) is 35.5 Å². The van der Waals surface area contributed by atoms with Crippen LogP contribution in [0.4, 0.5) is 0 Å². The first-order valence-electron chi connectivity index (χ1n) is 13.1. The summed E-state index contributed by atoms with van der Waals surface area (Å²) in [5, 5.41) is 3.34. The van der Waals surface area contributed by atoms with Crippen LogP contribution in [0, 0.1) is 11.8 Å². The van der Waals surface area contributed by atoms with Gasteiger partial charge in [-0.1, -0.05) is 38.3 Å². The molecule has 0 bridgehead atoms. The average Bonchev–Trinajstić information content (AvgIpc) is 3.58. The fourth-order valence-electron chi connectivity index (χ4n) is 5.07. The van der Waals surface area contributed by atoms with E-state index in [1.165, 1.54) is 44.1 Å². The fraction of sp³-hybridized carbons (Fsp3) is 0.643. The third kappa shape index (κ3) is 7.51. The van der Waals surface area contributed by atoms with Crippen molar-refractivity contribution in [1.29, 1.82) is 0 Å². The summed E-state index contributed by atoms with van der Waals surface area (Å²) in [6.07, 6.45) is 12.4. The number of fused-ring (bicyclic) bond motifs is 1. The topological polar surface area (TPSA) is 69.2 Å². The van der Waals surface area contributed by atoms with Gasteiger partial charge in [-0.2, -0.15) is 0 Å². The average molecular weight is 469 g/mol. The van der Waals surface area contributed by atoms with Gasteiger partial charge in [0.1, 0.15) is 13.2 Å². The van der Waals surface area contributed by atoms with Gasteiger partial charge >= 0.3 is 0 Å². The highest BCUT2D eigenvalue weighted by Crippen LogP contribution is 2.36. The Labute approximate surface area is 204 Å². The van der Waals surface area contributed by atoms with Crippen LogP contribution in [0.3, 0.4) is 0 Å². The van der Waals surface area contributed by atoms with Crippen LogP contribution >= 0.6 is 0 Å². The minimum atomic E-state index is 0.138. The van der Waals surface area contributed by atoms with Crippen molar-refractivity contribution in [3.63, 3.8) is 0 Å². The number of hydrogen-bond acceptors (Lipinski definition) is 5. The highest BCUT2D eigenvalue weighted by atomic mass is 16.6. The lowest BCUT2D eigenvalue weighted by Crippen LogP contribution is -2.37. The molecule has 1 N–H and O–H groups in total. The zero-order chi connectivity index (χ0) is 23.8. The quantitative estimate of drug-likeness (QED) is 0.246. The Morgan fingerprint density at radius 1 is 1.12 bits per heavy atom. The van der Waals surface area contributed by atoms with E-state index in [1.807, 2.05) is 6.07 Å². The lowest BCUT2D eigenvalue weighted by molar-refractivity contribution is -0.122. The largest absolute Gasteiger partial charge is 0.486 e. The maximum Gasteiger partial charge on any atom is 0.220 e. The first kappa shape index (κ1) is 24.6. The molecule has 1 heterocycles. The zero-order valence-electron chi connectivity index (χ0n) is 20.7. The van der Waals surface area contributed by atoms with E-state index < -0.39 is 0 Å².